The van der Waals surface area contributed by atoms with Gasteiger partial charge in [0.15, 0.2) is 0 Å². The van der Waals surface area contributed by atoms with Gasteiger partial charge in [-0.15, -0.1) is 0 Å². The number of aliphatic hydroxyl groups is 1. The number of nitrogens with two attached hydrogens (primary N) is 1. The molecule has 2 rings (SSSR count). The molecule has 4 nitrogen and oxygen atoms in total. The second-order valence-electron chi connectivity index (χ2n) is 6.77. The third kappa shape index (κ3) is 4.18. The van der Waals surface area contributed by atoms with Crippen LogP contribution in [0.2, 0.25) is 0 Å². The predicted molar refractivity (Wildman–Crippen MR) is 75.5 cm³/mol. The first-order valence-electron chi connectivity index (χ1n) is 7.74. The molecule has 0 radical (unpaired) electrons. The van der Waals surface area contributed by atoms with Crippen LogP contribution in [0.5, 0.6) is 0 Å². The maximum Gasteiger partial charge on any atom is 0.223 e. The van der Waals surface area contributed by atoms with Crippen molar-refractivity contribution in [2.75, 3.05) is 6.54 Å². The highest BCUT2D eigenvalue weighted by molar-refractivity contribution is 5.78. The molecule has 110 valence electrons. The molecular weight excluding hydrogens is 240 g/mol. The first-order chi connectivity index (χ1) is 8.98. The smallest absolute Gasteiger partial charge is 0.223 e. The summed E-state index contributed by atoms with van der Waals surface area (Å²) in [5, 5.41) is 13.5. The highest BCUT2D eigenvalue weighted by atomic mass is 16.3. The zero-order valence-corrected chi connectivity index (χ0v) is 12.0. The number of rotatable bonds is 3. The standard InChI is InChI=1S/C15H28N2O2/c1-11-4-3-7-15(19,9-11)10-17-14(18)12-5-2-6-13(16)8-12/h11-13,19H,2-10,16H2,1H3,(H,17,18). The lowest BCUT2D eigenvalue weighted by Crippen LogP contribution is -2.48. The molecule has 1 amide bonds. The van der Waals surface area contributed by atoms with Crippen LogP contribution >= 0.6 is 0 Å². The van der Waals surface area contributed by atoms with Crippen molar-refractivity contribution in [1.82, 2.24) is 5.32 Å². The Labute approximate surface area is 116 Å². The largest absolute Gasteiger partial charge is 0.388 e. The third-order valence-electron chi connectivity index (χ3n) is 4.74. The Kier molecular flexibility index (Phi) is 4.85. The quantitative estimate of drug-likeness (QED) is 0.727. The fourth-order valence-electron chi connectivity index (χ4n) is 3.65. The lowest BCUT2D eigenvalue weighted by molar-refractivity contribution is -0.128. The first-order valence-corrected chi connectivity index (χ1v) is 7.74. The number of hydrogen-bond donors (Lipinski definition) is 3. The van der Waals surface area contributed by atoms with Crippen LogP contribution in [0.4, 0.5) is 0 Å². The molecule has 19 heavy (non-hydrogen) atoms. The third-order valence-corrected chi connectivity index (χ3v) is 4.74. The predicted octanol–water partition coefficient (Wildman–Crippen LogP) is 1.56. The average molecular weight is 268 g/mol. The van der Waals surface area contributed by atoms with Crippen molar-refractivity contribution >= 4 is 5.91 Å². The van der Waals surface area contributed by atoms with E-state index >= 15 is 0 Å². The highest BCUT2D eigenvalue weighted by Crippen LogP contribution is 2.32. The van der Waals surface area contributed by atoms with E-state index in [-0.39, 0.29) is 17.9 Å². The molecule has 4 N–H and O–H groups in total. The van der Waals surface area contributed by atoms with Gasteiger partial charge in [0.2, 0.25) is 5.91 Å². The normalized spacial score (nSPS) is 39.8. The fourth-order valence-corrected chi connectivity index (χ4v) is 3.65. The van der Waals surface area contributed by atoms with Crippen molar-refractivity contribution in [3.8, 4) is 0 Å². The zero-order valence-electron chi connectivity index (χ0n) is 12.0. The molecule has 2 aliphatic carbocycles. The summed E-state index contributed by atoms with van der Waals surface area (Å²) in [7, 11) is 0. The monoisotopic (exact) mass is 268 g/mol. The molecule has 0 aliphatic heterocycles. The van der Waals surface area contributed by atoms with E-state index in [4.69, 9.17) is 5.73 Å². The van der Waals surface area contributed by atoms with Gasteiger partial charge in [-0.1, -0.05) is 26.2 Å². The molecule has 2 saturated carbocycles. The van der Waals surface area contributed by atoms with Gasteiger partial charge in [0, 0.05) is 18.5 Å². The minimum atomic E-state index is -0.690. The van der Waals surface area contributed by atoms with Crippen molar-refractivity contribution in [3.63, 3.8) is 0 Å². The SMILES string of the molecule is CC1CCCC(O)(CNC(=O)C2CCCC(N)C2)C1. The molecular formula is C15H28N2O2. The molecule has 2 aliphatic rings. The van der Waals surface area contributed by atoms with Crippen molar-refractivity contribution < 1.29 is 9.90 Å². The Balaban J connectivity index is 1.79. The Hall–Kier alpha value is -0.610. The van der Waals surface area contributed by atoms with Crippen LogP contribution in [0.3, 0.4) is 0 Å². The molecule has 4 unspecified atom stereocenters. The first kappa shape index (κ1) is 14.8. The van der Waals surface area contributed by atoms with E-state index in [1.54, 1.807) is 0 Å². The summed E-state index contributed by atoms with van der Waals surface area (Å²) in [6.45, 7) is 2.58. The van der Waals surface area contributed by atoms with Crippen LogP contribution in [0.15, 0.2) is 0 Å². The van der Waals surface area contributed by atoms with Gasteiger partial charge in [0.05, 0.1) is 5.60 Å². The van der Waals surface area contributed by atoms with Gasteiger partial charge in [0.25, 0.3) is 0 Å². The molecule has 0 aromatic heterocycles. The van der Waals surface area contributed by atoms with E-state index in [2.05, 4.69) is 12.2 Å². The van der Waals surface area contributed by atoms with Crippen LogP contribution in [0.1, 0.15) is 58.3 Å². The van der Waals surface area contributed by atoms with E-state index in [1.807, 2.05) is 0 Å². The van der Waals surface area contributed by atoms with E-state index in [0.29, 0.717) is 12.5 Å². The van der Waals surface area contributed by atoms with Crippen LogP contribution in [-0.4, -0.2) is 29.2 Å². The van der Waals surface area contributed by atoms with Crippen molar-refractivity contribution in [2.24, 2.45) is 17.6 Å². The lowest BCUT2D eigenvalue weighted by atomic mass is 9.78. The van der Waals surface area contributed by atoms with Crippen molar-refractivity contribution in [2.45, 2.75) is 69.9 Å². The molecule has 0 bridgehead atoms. The van der Waals surface area contributed by atoms with Crippen LogP contribution < -0.4 is 11.1 Å². The second kappa shape index (κ2) is 6.23. The summed E-state index contributed by atoms with van der Waals surface area (Å²) < 4.78 is 0. The summed E-state index contributed by atoms with van der Waals surface area (Å²) in [6.07, 6.45) is 7.66. The van der Waals surface area contributed by atoms with Gasteiger partial charge in [-0.2, -0.15) is 0 Å². The van der Waals surface area contributed by atoms with E-state index < -0.39 is 5.60 Å². The van der Waals surface area contributed by atoms with Crippen molar-refractivity contribution in [1.29, 1.82) is 0 Å². The molecule has 2 fully saturated rings. The molecule has 0 spiro atoms. The summed E-state index contributed by atoms with van der Waals surface area (Å²) in [5.41, 5.74) is 5.23. The number of carbonyl (C=O) groups excluding carboxylic acids is 1. The number of nitrogens with one attached hydrogen (secondary N) is 1. The van der Waals surface area contributed by atoms with Crippen molar-refractivity contribution in [3.05, 3.63) is 0 Å². The summed E-state index contributed by atoms with van der Waals surface area (Å²) in [4.78, 5) is 12.1. The molecule has 0 saturated heterocycles. The topological polar surface area (TPSA) is 75.3 Å². The molecule has 0 heterocycles. The van der Waals surface area contributed by atoms with Gasteiger partial charge < -0.3 is 16.2 Å². The number of amides is 1. The van der Waals surface area contributed by atoms with Gasteiger partial charge >= 0.3 is 0 Å². The van der Waals surface area contributed by atoms with Crippen LogP contribution in [-0.2, 0) is 4.79 Å². The van der Waals surface area contributed by atoms with E-state index in [1.165, 1.54) is 6.42 Å². The minimum Gasteiger partial charge on any atom is -0.388 e. The summed E-state index contributed by atoms with van der Waals surface area (Å²) in [6, 6.07) is 0.169. The Morgan fingerprint density at radius 3 is 2.84 bits per heavy atom. The Bertz CT molecular complexity index is 321. The number of carbonyl (C=O) groups is 1. The maximum absolute atomic E-state index is 12.1. The molecule has 0 aromatic carbocycles. The number of hydrogen-bond acceptors (Lipinski definition) is 3. The molecule has 4 heteroatoms. The average Bonchev–Trinajstić information content (AvgIpc) is 2.36. The summed E-state index contributed by atoms with van der Waals surface area (Å²) in [5.74, 6) is 0.689. The molecule has 4 atom stereocenters. The van der Waals surface area contributed by atoms with E-state index in [0.717, 1.165) is 44.9 Å². The van der Waals surface area contributed by atoms with Gasteiger partial charge in [0.1, 0.15) is 0 Å². The molecule has 0 aromatic rings. The Morgan fingerprint density at radius 2 is 2.16 bits per heavy atom. The van der Waals surface area contributed by atoms with Gasteiger partial charge in [-0.05, 0) is 38.0 Å². The summed E-state index contributed by atoms with van der Waals surface area (Å²) >= 11 is 0. The van der Waals surface area contributed by atoms with E-state index in [9.17, 15) is 9.90 Å². The van der Waals surface area contributed by atoms with Crippen LogP contribution in [0, 0.1) is 11.8 Å². The van der Waals surface area contributed by atoms with Gasteiger partial charge in [-0.3, -0.25) is 4.79 Å². The van der Waals surface area contributed by atoms with Crippen LogP contribution in [0.25, 0.3) is 0 Å². The lowest BCUT2D eigenvalue weighted by Gasteiger charge is -2.36. The highest BCUT2D eigenvalue weighted by Gasteiger charge is 2.34. The minimum absolute atomic E-state index is 0.0494. The maximum atomic E-state index is 12.1. The second-order valence-corrected chi connectivity index (χ2v) is 6.77. The fraction of sp³-hybridized carbons (Fsp3) is 0.933. The zero-order chi connectivity index (χ0) is 13.9. The Morgan fingerprint density at radius 1 is 1.37 bits per heavy atom. The van der Waals surface area contributed by atoms with Gasteiger partial charge in [-0.25, -0.2) is 0 Å².